The predicted molar refractivity (Wildman–Crippen MR) is 85.1 cm³/mol. The van der Waals surface area contributed by atoms with E-state index in [1.54, 1.807) is 18.2 Å². The van der Waals surface area contributed by atoms with Crippen molar-refractivity contribution in [1.82, 2.24) is 0 Å². The molecule has 0 aliphatic carbocycles. The van der Waals surface area contributed by atoms with Gasteiger partial charge in [-0.05, 0) is 30.3 Å². The van der Waals surface area contributed by atoms with Gasteiger partial charge in [-0.15, -0.1) is 0 Å². The van der Waals surface area contributed by atoms with Crippen LogP contribution in [-0.2, 0) is 15.1 Å². The minimum Gasteiger partial charge on any atom is -0.365 e. The third-order valence-electron chi connectivity index (χ3n) is 4.05. The molecule has 2 aliphatic rings. The predicted octanol–water partition coefficient (Wildman–Crippen LogP) is 2.94. The van der Waals surface area contributed by atoms with Gasteiger partial charge in [0, 0.05) is 16.3 Å². The molecule has 0 saturated heterocycles. The topological polar surface area (TPSA) is 70.2 Å². The Kier molecular flexibility index (Phi) is 2.68. The minimum atomic E-state index is -1.14. The van der Waals surface area contributed by atoms with Crippen LogP contribution in [0.4, 0.5) is 17.1 Å². The largest absolute Gasteiger partial charge is 0.365 e. The molecule has 0 bridgehead atoms. The van der Waals surface area contributed by atoms with E-state index < -0.39 is 5.54 Å². The first kappa shape index (κ1) is 13.2. The number of carbonyl (C=O) groups excluding carboxylic acids is 2. The molecule has 1 atom stereocenters. The quantitative estimate of drug-likeness (QED) is 0.700. The fourth-order valence-corrected chi connectivity index (χ4v) is 3.21. The monoisotopic (exact) mass is 313 g/mol. The Morgan fingerprint density at radius 1 is 0.955 bits per heavy atom. The number of nitrogens with one attached hydrogen (secondary N) is 3. The molecule has 0 radical (unpaired) electrons. The molecule has 0 fully saturated rings. The van der Waals surface area contributed by atoms with E-state index in [9.17, 15) is 9.59 Å². The molecule has 2 heterocycles. The van der Waals surface area contributed by atoms with Gasteiger partial charge < -0.3 is 16.0 Å². The normalized spacial score (nSPS) is 22.2. The van der Waals surface area contributed by atoms with Gasteiger partial charge in [0.25, 0.3) is 5.91 Å². The van der Waals surface area contributed by atoms with Crippen LogP contribution in [0, 0.1) is 0 Å². The van der Waals surface area contributed by atoms with Crippen molar-refractivity contribution in [1.29, 1.82) is 0 Å². The highest BCUT2D eigenvalue weighted by Gasteiger charge is 2.49. The molecule has 22 heavy (non-hydrogen) atoms. The lowest BCUT2D eigenvalue weighted by molar-refractivity contribution is -0.126. The second-order valence-electron chi connectivity index (χ2n) is 5.44. The summed E-state index contributed by atoms with van der Waals surface area (Å²) in [6.07, 6.45) is 0.0144. The molecule has 2 amide bonds. The first-order valence-electron chi connectivity index (χ1n) is 6.87. The smallest absolute Gasteiger partial charge is 0.255 e. The molecule has 1 spiro atoms. The molecular formula is C16H12ClN3O2. The van der Waals surface area contributed by atoms with Gasteiger partial charge in [0.2, 0.25) is 5.91 Å². The Labute approximate surface area is 131 Å². The average Bonchev–Trinajstić information content (AvgIpc) is 2.49. The van der Waals surface area contributed by atoms with Crippen LogP contribution in [0.2, 0.25) is 5.02 Å². The molecule has 0 aromatic heterocycles. The van der Waals surface area contributed by atoms with Crippen LogP contribution >= 0.6 is 11.6 Å². The Balaban J connectivity index is 1.93. The van der Waals surface area contributed by atoms with Crippen molar-refractivity contribution in [3.8, 4) is 0 Å². The van der Waals surface area contributed by atoms with Gasteiger partial charge in [-0.2, -0.15) is 0 Å². The van der Waals surface area contributed by atoms with Crippen molar-refractivity contribution in [3.63, 3.8) is 0 Å². The number of halogens is 1. The van der Waals surface area contributed by atoms with Crippen LogP contribution in [0.1, 0.15) is 12.0 Å². The summed E-state index contributed by atoms with van der Waals surface area (Å²) in [4.78, 5) is 24.8. The van der Waals surface area contributed by atoms with Gasteiger partial charge in [0.1, 0.15) is 0 Å². The van der Waals surface area contributed by atoms with Gasteiger partial charge in [-0.1, -0.05) is 23.7 Å². The summed E-state index contributed by atoms with van der Waals surface area (Å²) in [7, 11) is 0. The van der Waals surface area contributed by atoms with Crippen LogP contribution in [0.15, 0.2) is 42.5 Å². The summed E-state index contributed by atoms with van der Waals surface area (Å²) in [5.74, 6) is -0.471. The summed E-state index contributed by atoms with van der Waals surface area (Å²) >= 11 is 6.09. The standard InChI is InChI=1S/C16H12ClN3O2/c17-9-5-6-11-10(7-9)16(8-14(21)18-11)15(22)19-12-3-1-2-4-13(12)20-16/h1-7,20H,8H2,(H,18,21)(H,19,22). The van der Waals surface area contributed by atoms with Crippen molar-refractivity contribution >= 4 is 40.5 Å². The number of fused-ring (bicyclic) bond motifs is 3. The number of hydrogen-bond acceptors (Lipinski definition) is 3. The number of anilines is 3. The highest BCUT2D eigenvalue weighted by atomic mass is 35.5. The first-order chi connectivity index (χ1) is 10.6. The maximum Gasteiger partial charge on any atom is 0.255 e. The Bertz CT molecular complexity index is 821. The fourth-order valence-electron chi connectivity index (χ4n) is 3.04. The Morgan fingerprint density at radius 2 is 1.73 bits per heavy atom. The second kappa shape index (κ2) is 4.48. The van der Waals surface area contributed by atoms with Crippen LogP contribution in [-0.4, -0.2) is 11.8 Å². The number of hydrogen-bond donors (Lipinski definition) is 3. The van der Waals surface area contributed by atoms with Gasteiger partial charge in [0.05, 0.1) is 17.8 Å². The van der Waals surface area contributed by atoms with Gasteiger partial charge in [0.15, 0.2) is 5.54 Å². The maximum absolute atomic E-state index is 12.8. The lowest BCUT2D eigenvalue weighted by Crippen LogP contribution is -2.54. The van der Waals surface area contributed by atoms with E-state index in [4.69, 9.17) is 11.6 Å². The summed E-state index contributed by atoms with van der Waals surface area (Å²) in [5.41, 5.74) is 1.61. The summed E-state index contributed by atoms with van der Waals surface area (Å²) in [5, 5.41) is 9.42. The molecular weight excluding hydrogens is 302 g/mol. The zero-order valence-electron chi connectivity index (χ0n) is 11.4. The highest BCUT2D eigenvalue weighted by molar-refractivity contribution is 6.31. The fraction of sp³-hybridized carbons (Fsp3) is 0.125. The van der Waals surface area contributed by atoms with E-state index in [2.05, 4.69) is 16.0 Å². The van der Waals surface area contributed by atoms with Gasteiger partial charge >= 0.3 is 0 Å². The zero-order valence-corrected chi connectivity index (χ0v) is 12.2. The lowest BCUT2D eigenvalue weighted by Gasteiger charge is -2.42. The SMILES string of the molecule is O=C1CC2(Nc3ccccc3NC2=O)c2cc(Cl)ccc2N1. The van der Waals surface area contributed by atoms with Crippen LogP contribution in [0.3, 0.4) is 0 Å². The first-order valence-corrected chi connectivity index (χ1v) is 7.25. The van der Waals surface area contributed by atoms with Crippen molar-refractivity contribution in [2.45, 2.75) is 12.0 Å². The van der Waals surface area contributed by atoms with Crippen molar-refractivity contribution in [2.24, 2.45) is 0 Å². The summed E-state index contributed by atoms with van der Waals surface area (Å²) in [6.45, 7) is 0. The molecule has 4 rings (SSSR count). The van der Waals surface area contributed by atoms with Crippen molar-refractivity contribution in [3.05, 3.63) is 53.1 Å². The average molecular weight is 314 g/mol. The highest BCUT2D eigenvalue weighted by Crippen LogP contribution is 2.44. The molecule has 2 aromatic rings. The third-order valence-corrected chi connectivity index (χ3v) is 4.29. The number of rotatable bonds is 0. The molecule has 1 unspecified atom stereocenters. The van der Waals surface area contributed by atoms with E-state index in [-0.39, 0.29) is 18.2 Å². The second-order valence-corrected chi connectivity index (χ2v) is 5.88. The van der Waals surface area contributed by atoms with Crippen molar-refractivity contribution < 1.29 is 9.59 Å². The molecule has 110 valence electrons. The number of benzene rings is 2. The van der Waals surface area contributed by atoms with Gasteiger partial charge in [-0.25, -0.2) is 0 Å². The van der Waals surface area contributed by atoms with E-state index >= 15 is 0 Å². The van der Waals surface area contributed by atoms with Crippen molar-refractivity contribution in [2.75, 3.05) is 16.0 Å². The van der Waals surface area contributed by atoms with E-state index in [1.807, 2.05) is 24.3 Å². The van der Waals surface area contributed by atoms with E-state index in [0.29, 0.717) is 22.0 Å². The number of carbonyl (C=O) groups is 2. The van der Waals surface area contributed by atoms with Crippen LogP contribution in [0.25, 0.3) is 0 Å². The number of para-hydroxylation sites is 2. The Hall–Kier alpha value is -2.53. The molecule has 3 N–H and O–H groups in total. The molecule has 6 heteroatoms. The van der Waals surface area contributed by atoms with Gasteiger partial charge in [-0.3, -0.25) is 9.59 Å². The molecule has 2 aliphatic heterocycles. The number of amides is 2. The third kappa shape index (κ3) is 1.79. The minimum absolute atomic E-state index is 0.0144. The molecule has 2 aromatic carbocycles. The molecule has 5 nitrogen and oxygen atoms in total. The summed E-state index contributed by atoms with van der Waals surface area (Å²) in [6, 6.07) is 12.5. The summed E-state index contributed by atoms with van der Waals surface area (Å²) < 4.78 is 0. The van der Waals surface area contributed by atoms with Crippen LogP contribution in [0.5, 0.6) is 0 Å². The molecule has 0 saturated carbocycles. The Morgan fingerprint density at radius 3 is 2.55 bits per heavy atom. The van der Waals surface area contributed by atoms with E-state index in [0.717, 1.165) is 5.69 Å². The zero-order chi connectivity index (χ0) is 15.3. The maximum atomic E-state index is 12.8. The van der Waals surface area contributed by atoms with Crippen LogP contribution < -0.4 is 16.0 Å². The lowest BCUT2D eigenvalue weighted by atomic mass is 9.80. The van der Waals surface area contributed by atoms with E-state index in [1.165, 1.54) is 0 Å².